The summed E-state index contributed by atoms with van der Waals surface area (Å²) in [4.78, 5) is 42.0. The van der Waals surface area contributed by atoms with Crippen molar-refractivity contribution in [2.24, 2.45) is 0 Å². The number of nitrogens with zero attached hydrogens (tertiary/aromatic N) is 5. The van der Waals surface area contributed by atoms with Crippen LogP contribution in [0.5, 0.6) is 5.75 Å². The number of carbonyl (C=O) groups is 2. The number of ether oxygens (including phenoxy) is 1. The zero-order chi connectivity index (χ0) is 25.2. The second-order valence-electron chi connectivity index (χ2n) is 9.26. The number of rotatable bonds is 5. The molecule has 0 atom stereocenters. The number of hydrogen-bond acceptors (Lipinski definition) is 8. The minimum Gasteiger partial charge on any atom is -0.497 e. The van der Waals surface area contributed by atoms with E-state index < -0.39 is 0 Å². The fourth-order valence-electron chi connectivity index (χ4n) is 4.90. The Morgan fingerprint density at radius 3 is 2.19 bits per heavy atom. The van der Waals surface area contributed by atoms with Crippen LogP contribution in [-0.2, 0) is 0 Å². The number of aryl methyl sites for hydroxylation is 2. The van der Waals surface area contributed by atoms with Crippen molar-refractivity contribution in [3.8, 4) is 5.75 Å². The molecule has 0 unspecified atom stereocenters. The van der Waals surface area contributed by atoms with Crippen LogP contribution in [0.25, 0.3) is 0 Å². The van der Waals surface area contributed by atoms with Crippen LogP contribution in [0.2, 0.25) is 0 Å². The summed E-state index contributed by atoms with van der Waals surface area (Å²) in [5.74, 6) is 1.22. The van der Waals surface area contributed by atoms with Gasteiger partial charge in [0.2, 0.25) is 0 Å². The first kappa shape index (κ1) is 24.7. The van der Waals surface area contributed by atoms with Gasteiger partial charge >= 0.3 is 0 Å². The fourth-order valence-corrected chi connectivity index (χ4v) is 6.75. The van der Waals surface area contributed by atoms with Gasteiger partial charge in [0, 0.05) is 56.3 Å². The van der Waals surface area contributed by atoms with Crippen LogP contribution in [0.4, 0.5) is 5.69 Å². The maximum Gasteiger partial charge on any atom is 0.273 e. The second kappa shape index (κ2) is 10.6. The molecule has 1 aromatic carbocycles. The van der Waals surface area contributed by atoms with E-state index in [-0.39, 0.29) is 17.7 Å². The summed E-state index contributed by atoms with van der Waals surface area (Å²) in [7, 11) is 1.67. The van der Waals surface area contributed by atoms with Crippen LogP contribution < -0.4 is 9.64 Å². The van der Waals surface area contributed by atoms with E-state index in [1.807, 2.05) is 41.2 Å². The molecule has 2 fully saturated rings. The summed E-state index contributed by atoms with van der Waals surface area (Å²) in [5, 5.41) is 3.83. The predicted octanol–water partition coefficient (Wildman–Crippen LogP) is 4.21. The Kier molecular flexibility index (Phi) is 7.25. The quantitative estimate of drug-likeness (QED) is 0.497. The molecule has 0 saturated carbocycles. The van der Waals surface area contributed by atoms with Crippen molar-refractivity contribution < 1.29 is 14.3 Å². The molecule has 36 heavy (non-hydrogen) atoms. The molecule has 10 heteroatoms. The molecule has 0 aliphatic carbocycles. The summed E-state index contributed by atoms with van der Waals surface area (Å²) < 4.78 is 5.24. The molecular weight excluding hydrogens is 494 g/mol. The van der Waals surface area contributed by atoms with E-state index in [0.29, 0.717) is 31.9 Å². The molecule has 2 aromatic heterocycles. The van der Waals surface area contributed by atoms with Crippen molar-refractivity contribution in [3.63, 3.8) is 0 Å². The monoisotopic (exact) mass is 525 g/mol. The van der Waals surface area contributed by atoms with E-state index in [1.54, 1.807) is 18.4 Å². The Morgan fingerprint density at radius 1 is 0.917 bits per heavy atom. The van der Waals surface area contributed by atoms with Crippen LogP contribution in [0, 0.1) is 13.8 Å². The van der Waals surface area contributed by atoms with Gasteiger partial charge in [-0.3, -0.25) is 9.59 Å². The summed E-state index contributed by atoms with van der Waals surface area (Å²) in [6, 6.07) is 8.04. The lowest BCUT2D eigenvalue weighted by atomic mass is 9.97. The smallest absolute Gasteiger partial charge is 0.273 e. The zero-order valence-electron chi connectivity index (χ0n) is 20.9. The summed E-state index contributed by atoms with van der Waals surface area (Å²) in [6.07, 6.45) is 1.73. The molecule has 5 rings (SSSR count). The van der Waals surface area contributed by atoms with E-state index in [1.165, 1.54) is 11.3 Å². The molecule has 190 valence electrons. The van der Waals surface area contributed by atoms with Crippen LogP contribution >= 0.6 is 22.7 Å². The maximum absolute atomic E-state index is 13.1. The summed E-state index contributed by atoms with van der Waals surface area (Å²) >= 11 is 3.04. The number of piperazine rings is 1. The largest absolute Gasteiger partial charge is 0.497 e. The van der Waals surface area contributed by atoms with E-state index in [2.05, 4.69) is 22.0 Å². The number of aromatic nitrogens is 2. The average molecular weight is 526 g/mol. The van der Waals surface area contributed by atoms with E-state index in [9.17, 15) is 9.59 Å². The highest BCUT2D eigenvalue weighted by Crippen LogP contribution is 2.32. The highest BCUT2D eigenvalue weighted by molar-refractivity contribution is 7.13. The third kappa shape index (κ3) is 5.10. The van der Waals surface area contributed by atoms with Gasteiger partial charge in [-0.15, -0.1) is 22.7 Å². The number of carbonyl (C=O) groups excluding carboxylic acids is 2. The van der Waals surface area contributed by atoms with Crippen LogP contribution in [0.15, 0.2) is 29.6 Å². The number of hydrogen-bond donors (Lipinski definition) is 0. The maximum atomic E-state index is 13.1. The first-order valence-electron chi connectivity index (χ1n) is 12.3. The first-order valence-corrected chi connectivity index (χ1v) is 14.0. The topological polar surface area (TPSA) is 78.9 Å². The lowest BCUT2D eigenvalue weighted by molar-refractivity contribution is 0.0716. The molecule has 0 N–H and O–H groups in total. The zero-order valence-corrected chi connectivity index (χ0v) is 22.5. The third-order valence-corrected chi connectivity index (χ3v) is 9.04. The molecule has 0 radical (unpaired) electrons. The van der Waals surface area contributed by atoms with Crippen molar-refractivity contribution in [2.45, 2.75) is 32.6 Å². The molecule has 2 saturated heterocycles. The Hall–Kier alpha value is -2.98. The number of likely N-dealkylation sites (tertiary alicyclic amines) is 1. The number of methoxy groups -OCH3 is 1. The van der Waals surface area contributed by atoms with E-state index in [0.717, 1.165) is 58.0 Å². The van der Waals surface area contributed by atoms with Gasteiger partial charge in [-0.1, -0.05) is 0 Å². The molecule has 2 aliphatic heterocycles. The highest BCUT2D eigenvalue weighted by Gasteiger charge is 2.30. The van der Waals surface area contributed by atoms with Gasteiger partial charge in [0.25, 0.3) is 11.8 Å². The van der Waals surface area contributed by atoms with Crippen molar-refractivity contribution >= 4 is 40.2 Å². The minimum atomic E-state index is 0.00975. The van der Waals surface area contributed by atoms with Gasteiger partial charge in [0.15, 0.2) is 0 Å². The molecule has 8 nitrogen and oxygen atoms in total. The molecule has 0 bridgehead atoms. The van der Waals surface area contributed by atoms with Crippen LogP contribution in [0.1, 0.15) is 54.6 Å². The van der Waals surface area contributed by atoms with Gasteiger partial charge in [-0.2, -0.15) is 0 Å². The number of piperidine rings is 1. The normalized spacial score (nSPS) is 16.9. The number of amides is 2. The Labute approximate surface area is 219 Å². The number of anilines is 1. The van der Waals surface area contributed by atoms with Gasteiger partial charge in [-0.25, -0.2) is 9.97 Å². The summed E-state index contributed by atoms with van der Waals surface area (Å²) in [6.45, 7) is 8.18. The van der Waals surface area contributed by atoms with Crippen LogP contribution in [-0.4, -0.2) is 78.0 Å². The molecule has 2 aliphatic rings. The fraction of sp³-hybridized carbons (Fsp3) is 0.462. The molecule has 2 amide bonds. The highest BCUT2D eigenvalue weighted by atomic mass is 32.1. The molecular formula is C26H31N5O3S2. The van der Waals surface area contributed by atoms with E-state index >= 15 is 0 Å². The van der Waals surface area contributed by atoms with Crippen LogP contribution in [0.3, 0.4) is 0 Å². The van der Waals surface area contributed by atoms with Crippen molar-refractivity contribution in [3.05, 3.63) is 55.9 Å². The number of benzene rings is 1. The second-order valence-corrected chi connectivity index (χ2v) is 11.4. The SMILES string of the molecule is COc1ccc(N2CCN(C(=O)c3csc(C4CCN(C(=O)c5sc(C)nc5C)CC4)n3)CC2)cc1. The van der Waals surface area contributed by atoms with Crippen molar-refractivity contribution in [1.82, 2.24) is 19.8 Å². The predicted molar refractivity (Wildman–Crippen MR) is 143 cm³/mol. The lowest BCUT2D eigenvalue weighted by Gasteiger charge is -2.35. The molecule has 4 heterocycles. The Balaban J connectivity index is 1.14. The van der Waals surface area contributed by atoms with E-state index in [4.69, 9.17) is 9.72 Å². The number of thiazole rings is 2. The standard InChI is InChI=1S/C26H31N5O3S2/c1-17-23(36-18(2)27-17)26(33)30-10-8-19(9-11-30)24-28-22(16-35-24)25(32)31-14-12-29(13-15-31)20-4-6-21(34-3)7-5-20/h4-7,16,19H,8-15H2,1-3H3. The van der Waals surface area contributed by atoms with Crippen molar-refractivity contribution in [1.29, 1.82) is 0 Å². The third-order valence-electron chi connectivity index (χ3n) is 6.97. The Morgan fingerprint density at radius 2 is 1.58 bits per heavy atom. The first-order chi connectivity index (χ1) is 17.4. The Bertz CT molecular complexity index is 1220. The van der Waals surface area contributed by atoms with Gasteiger partial charge in [0.05, 0.1) is 22.8 Å². The molecule has 3 aromatic rings. The van der Waals surface area contributed by atoms with Gasteiger partial charge < -0.3 is 19.4 Å². The molecule has 0 spiro atoms. The van der Waals surface area contributed by atoms with Gasteiger partial charge in [0.1, 0.15) is 16.3 Å². The summed E-state index contributed by atoms with van der Waals surface area (Å²) in [5.41, 5.74) is 2.50. The van der Waals surface area contributed by atoms with Crippen molar-refractivity contribution in [2.75, 3.05) is 51.3 Å². The minimum absolute atomic E-state index is 0.00975. The lowest BCUT2D eigenvalue weighted by Crippen LogP contribution is -2.48. The van der Waals surface area contributed by atoms with Gasteiger partial charge in [-0.05, 0) is 51.0 Å². The average Bonchev–Trinajstić information content (AvgIpc) is 3.54.